The molecule has 0 spiro atoms. The fourth-order valence-electron chi connectivity index (χ4n) is 3.76. The minimum absolute atomic E-state index is 0.0680. The van der Waals surface area contributed by atoms with Crippen LogP contribution in [0.15, 0.2) is 97.1 Å². The number of rotatable bonds is 8. The first-order valence-electron chi connectivity index (χ1n) is 11.9. The van der Waals surface area contributed by atoms with E-state index in [1.54, 1.807) is 79.9 Å². The first-order valence-corrected chi connectivity index (χ1v) is 11.9. The van der Waals surface area contributed by atoms with Crippen molar-refractivity contribution in [2.45, 2.75) is 6.61 Å². The lowest BCUT2D eigenvalue weighted by atomic mass is 10.2. The van der Waals surface area contributed by atoms with Gasteiger partial charge in [-0.1, -0.05) is 30.3 Å². The number of hydrogen-bond donors (Lipinski definition) is 2. The molecule has 2 N–H and O–H groups in total. The number of methoxy groups -OCH3 is 1. The lowest BCUT2D eigenvalue weighted by molar-refractivity contribution is 0.262. The van der Waals surface area contributed by atoms with Gasteiger partial charge in [0.15, 0.2) is 5.82 Å². The number of carbonyl (C=O) groups excluding carboxylic acids is 1. The second-order valence-electron chi connectivity index (χ2n) is 8.41. The summed E-state index contributed by atoms with van der Waals surface area (Å²) in [6, 6.07) is 25.4. The van der Waals surface area contributed by atoms with E-state index in [4.69, 9.17) is 9.47 Å². The molecule has 0 aliphatic heterocycles. The Bertz CT molecular complexity index is 1590. The Morgan fingerprint density at radius 2 is 1.59 bits per heavy atom. The zero-order valence-electron chi connectivity index (χ0n) is 20.8. The molecule has 0 atom stereocenters. The van der Waals surface area contributed by atoms with Gasteiger partial charge in [-0.2, -0.15) is 4.98 Å². The summed E-state index contributed by atoms with van der Waals surface area (Å²) in [5.41, 5.74) is 2.97. The number of halogens is 2. The first kappa shape index (κ1) is 25.4. The number of nitrogens with zero attached hydrogens (tertiary/aromatic N) is 3. The quantitative estimate of drug-likeness (QED) is 0.242. The molecule has 4 aromatic carbocycles. The molecular formula is C29H23F2N5O3. The predicted octanol–water partition coefficient (Wildman–Crippen LogP) is 6.44. The van der Waals surface area contributed by atoms with Crippen LogP contribution in [0.4, 0.5) is 25.0 Å². The Kier molecular flexibility index (Phi) is 7.44. The summed E-state index contributed by atoms with van der Waals surface area (Å²) >= 11 is 0. The average Bonchev–Trinajstić information content (AvgIpc) is 3.37. The first-order chi connectivity index (χ1) is 19.0. The van der Waals surface area contributed by atoms with Gasteiger partial charge in [0.25, 0.3) is 0 Å². The monoisotopic (exact) mass is 527 g/mol. The standard InChI is InChI=1S/C29H23F2N5O3/c1-38-26-7-3-6-24(17-26)33-28(37)32-23-12-14-25(15-13-23)36-27(20-4-2-5-22(31)16-20)34-29(35-36)39-18-19-8-10-21(30)11-9-19/h2-17H,18H2,1H3,(H2,32,33,37). The van der Waals surface area contributed by atoms with Gasteiger partial charge < -0.3 is 20.1 Å². The fraction of sp³-hybridized carbons (Fsp3) is 0.0690. The number of anilines is 2. The molecule has 0 bridgehead atoms. The number of urea groups is 1. The van der Waals surface area contributed by atoms with E-state index in [1.165, 1.54) is 28.9 Å². The zero-order chi connectivity index (χ0) is 27.2. The van der Waals surface area contributed by atoms with E-state index >= 15 is 0 Å². The number of ether oxygens (including phenoxy) is 2. The Morgan fingerprint density at radius 3 is 2.33 bits per heavy atom. The maximum absolute atomic E-state index is 14.0. The van der Waals surface area contributed by atoms with Crippen LogP contribution in [0.25, 0.3) is 17.1 Å². The Hall–Kier alpha value is -5.25. The molecule has 1 aromatic heterocycles. The number of carbonyl (C=O) groups is 1. The molecule has 0 aliphatic carbocycles. The molecule has 1 heterocycles. The third-order valence-electron chi connectivity index (χ3n) is 5.65. The van der Waals surface area contributed by atoms with Gasteiger partial charge in [-0.3, -0.25) is 0 Å². The second-order valence-corrected chi connectivity index (χ2v) is 8.41. The maximum atomic E-state index is 14.0. The van der Waals surface area contributed by atoms with E-state index in [9.17, 15) is 13.6 Å². The molecule has 0 saturated carbocycles. The van der Waals surface area contributed by atoms with Crippen LogP contribution in [0.1, 0.15) is 5.56 Å². The van der Waals surface area contributed by atoms with Crippen molar-refractivity contribution in [1.29, 1.82) is 0 Å². The van der Waals surface area contributed by atoms with Crippen LogP contribution in [0.5, 0.6) is 11.8 Å². The minimum Gasteiger partial charge on any atom is -0.497 e. The van der Waals surface area contributed by atoms with Gasteiger partial charge in [-0.25, -0.2) is 18.3 Å². The number of hydrogen-bond acceptors (Lipinski definition) is 5. The van der Waals surface area contributed by atoms with Crippen molar-refractivity contribution in [2.24, 2.45) is 0 Å². The highest BCUT2D eigenvalue weighted by atomic mass is 19.1. The molecule has 8 nitrogen and oxygen atoms in total. The molecule has 39 heavy (non-hydrogen) atoms. The van der Waals surface area contributed by atoms with E-state index in [0.717, 1.165) is 5.56 Å². The van der Waals surface area contributed by atoms with Crippen LogP contribution >= 0.6 is 0 Å². The predicted molar refractivity (Wildman–Crippen MR) is 143 cm³/mol. The average molecular weight is 528 g/mol. The van der Waals surface area contributed by atoms with Crippen molar-refractivity contribution < 1.29 is 23.0 Å². The highest BCUT2D eigenvalue weighted by molar-refractivity contribution is 5.99. The van der Waals surface area contributed by atoms with Gasteiger partial charge in [0.1, 0.15) is 24.0 Å². The molecule has 5 aromatic rings. The Labute approximate surface area is 222 Å². The minimum atomic E-state index is -0.423. The number of nitrogens with one attached hydrogen (secondary N) is 2. The van der Waals surface area contributed by atoms with Crippen molar-refractivity contribution >= 4 is 17.4 Å². The van der Waals surface area contributed by atoms with E-state index in [-0.39, 0.29) is 18.4 Å². The van der Waals surface area contributed by atoms with Crippen LogP contribution in [0.3, 0.4) is 0 Å². The van der Waals surface area contributed by atoms with Crippen molar-refractivity contribution in [3.05, 3.63) is 114 Å². The molecule has 0 saturated heterocycles. The normalized spacial score (nSPS) is 10.6. The summed E-state index contributed by atoms with van der Waals surface area (Å²) in [5, 5.41) is 9.98. The third kappa shape index (κ3) is 6.37. The topological polar surface area (TPSA) is 90.3 Å². The van der Waals surface area contributed by atoms with Crippen molar-refractivity contribution in [3.8, 4) is 28.8 Å². The number of aromatic nitrogens is 3. The number of amides is 2. The van der Waals surface area contributed by atoms with Gasteiger partial charge in [0.05, 0.1) is 12.8 Å². The molecule has 10 heteroatoms. The molecule has 0 aliphatic rings. The van der Waals surface area contributed by atoms with E-state index in [0.29, 0.717) is 34.2 Å². The lowest BCUT2D eigenvalue weighted by Crippen LogP contribution is -2.19. The van der Waals surface area contributed by atoms with Crippen LogP contribution in [-0.2, 0) is 6.61 Å². The summed E-state index contributed by atoms with van der Waals surface area (Å²) in [7, 11) is 1.55. The van der Waals surface area contributed by atoms with Gasteiger partial charge in [0.2, 0.25) is 0 Å². The van der Waals surface area contributed by atoms with Crippen LogP contribution in [0.2, 0.25) is 0 Å². The highest BCUT2D eigenvalue weighted by Crippen LogP contribution is 2.26. The van der Waals surface area contributed by atoms with E-state index < -0.39 is 11.8 Å². The van der Waals surface area contributed by atoms with Gasteiger partial charge >= 0.3 is 12.0 Å². The van der Waals surface area contributed by atoms with Crippen molar-refractivity contribution in [3.63, 3.8) is 0 Å². The molecule has 0 fully saturated rings. The maximum Gasteiger partial charge on any atom is 0.336 e. The summed E-state index contributed by atoms with van der Waals surface area (Å²) in [5.74, 6) is 0.225. The van der Waals surface area contributed by atoms with Gasteiger partial charge in [0, 0.05) is 23.0 Å². The number of benzene rings is 4. The van der Waals surface area contributed by atoms with E-state index in [2.05, 4.69) is 20.7 Å². The largest absolute Gasteiger partial charge is 0.497 e. The molecule has 2 amide bonds. The zero-order valence-corrected chi connectivity index (χ0v) is 20.8. The highest BCUT2D eigenvalue weighted by Gasteiger charge is 2.16. The van der Waals surface area contributed by atoms with Gasteiger partial charge in [-0.15, -0.1) is 5.10 Å². The van der Waals surface area contributed by atoms with Crippen molar-refractivity contribution in [2.75, 3.05) is 17.7 Å². The Balaban J connectivity index is 1.35. The summed E-state index contributed by atoms with van der Waals surface area (Å²) < 4.78 is 39.6. The van der Waals surface area contributed by atoms with Crippen LogP contribution in [0, 0.1) is 11.6 Å². The summed E-state index contributed by atoms with van der Waals surface area (Å²) in [4.78, 5) is 16.9. The van der Waals surface area contributed by atoms with Crippen LogP contribution in [-0.4, -0.2) is 27.9 Å². The molecule has 0 unspecified atom stereocenters. The summed E-state index contributed by atoms with van der Waals surface area (Å²) in [6.07, 6.45) is 0. The molecule has 5 rings (SSSR count). The Morgan fingerprint density at radius 1 is 0.846 bits per heavy atom. The SMILES string of the molecule is COc1cccc(NC(=O)Nc2ccc(-n3nc(OCc4ccc(F)cc4)nc3-c3cccc(F)c3)cc2)c1. The second kappa shape index (κ2) is 11.4. The lowest BCUT2D eigenvalue weighted by Gasteiger charge is -2.10. The fourth-order valence-corrected chi connectivity index (χ4v) is 3.76. The van der Waals surface area contributed by atoms with Gasteiger partial charge in [-0.05, 0) is 66.2 Å². The third-order valence-corrected chi connectivity index (χ3v) is 5.65. The van der Waals surface area contributed by atoms with E-state index in [1.807, 2.05) is 0 Å². The summed E-state index contributed by atoms with van der Waals surface area (Å²) in [6.45, 7) is 0.123. The molecular weight excluding hydrogens is 504 g/mol. The van der Waals surface area contributed by atoms with Crippen molar-refractivity contribution in [1.82, 2.24) is 14.8 Å². The smallest absolute Gasteiger partial charge is 0.336 e. The molecule has 0 radical (unpaired) electrons. The molecule has 196 valence electrons. The van der Waals surface area contributed by atoms with Crippen LogP contribution < -0.4 is 20.1 Å².